The molecule has 3 aliphatic rings. The van der Waals surface area contributed by atoms with Gasteiger partial charge in [0, 0.05) is 46.4 Å². The average molecular weight is 326 g/mol. The molecule has 0 aromatic rings. The van der Waals surface area contributed by atoms with E-state index in [9.17, 15) is 4.79 Å². The molecular weight excluding hydrogens is 296 g/mol. The third-order valence-electron chi connectivity index (χ3n) is 5.40. The van der Waals surface area contributed by atoms with Gasteiger partial charge in [0.2, 0.25) is 5.91 Å². The third kappa shape index (κ3) is 4.24. The molecule has 23 heavy (non-hydrogen) atoms. The number of rotatable bonds is 5. The Kier molecular flexibility index (Phi) is 5.91. The third-order valence-corrected chi connectivity index (χ3v) is 5.40. The van der Waals surface area contributed by atoms with Crippen molar-refractivity contribution in [2.24, 2.45) is 5.92 Å². The highest BCUT2D eigenvalue weighted by molar-refractivity contribution is 5.76. The number of carbonyl (C=O) groups is 1. The highest BCUT2D eigenvalue weighted by atomic mass is 16.5. The van der Waals surface area contributed by atoms with Gasteiger partial charge in [0.25, 0.3) is 0 Å². The Morgan fingerprint density at radius 3 is 2.70 bits per heavy atom. The second-order valence-corrected chi connectivity index (χ2v) is 7.17. The fraction of sp³-hybridized carbons (Fsp3) is 0.941. The first-order chi connectivity index (χ1) is 11.1. The van der Waals surface area contributed by atoms with Crippen molar-refractivity contribution in [3.63, 3.8) is 0 Å². The minimum Gasteiger partial charge on any atom is -0.381 e. The van der Waals surface area contributed by atoms with Gasteiger partial charge in [-0.1, -0.05) is 0 Å². The molecule has 0 aromatic carbocycles. The molecule has 1 amide bonds. The molecule has 0 N–H and O–H groups in total. The Balaban J connectivity index is 1.51. The highest BCUT2D eigenvalue weighted by Crippen LogP contribution is 2.33. The second-order valence-electron chi connectivity index (χ2n) is 7.17. The van der Waals surface area contributed by atoms with Crippen molar-refractivity contribution in [2.45, 2.75) is 43.9 Å². The van der Waals surface area contributed by atoms with Crippen LogP contribution in [0.15, 0.2) is 0 Å². The Morgan fingerprint density at radius 1 is 1.17 bits per heavy atom. The van der Waals surface area contributed by atoms with Crippen LogP contribution >= 0.6 is 0 Å². The zero-order valence-electron chi connectivity index (χ0n) is 14.4. The molecule has 0 spiro atoms. The summed E-state index contributed by atoms with van der Waals surface area (Å²) in [4.78, 5) is 15.9. The van der Waals surface area contributed by atoms with E-state index in [1.54, 1.807) is 19.0 Å². The number of ether oxygens (including phenoxy) is 3. The monoisotopic (exact) mass is 326 g/mol. The molecule has 0 radical (unpaired) electrons. The fourth-order valence-corrected chi connectivity index (χ4v) is 3.96. The van der Waals surface area contributed by atoms with Crippen molar-refractivity contribution < 1.29 is 19.0 Å². The number of fused-ring (bicyclic) bond motifs is 1. The van der Waals surface area contributed by atoms with Gasteiger partial charge in [0.05, 0.1) is 18.8 Å². The molecule has 132 valence electrons. The Hall–Kier alpha value is -0.690. The van der Waals surface area contributed by atoms with Crippen LogP contribution in [0.1, 0.15) is 25.7 Å². The number of hydrogen-bond acceptors (Lipinski definition) is 5. The van der Waals surface area contributed by atoms with E-state index in [-0.39, 0.29) is 24.7 Å². The van der Waals surface area contributed by atoms with Crippen molar-refractivity contribution in [1.82, 2.24) is 9.80 Å². The quantitative estimate of drug-likeness (QED) is 0.746. The van der Waals surface area contributed by atoms with Crippen LogP contribution in [0.3, 0.4) is 0 Å². The molecule has 3 atom stereocenters. The Bertz CT molecular complexity index is 398. The van der Waals surface area contributed by atoms with Crippen molar-refractivity contribution in [1.29, 1.82) is 0 Å². The lowest BCUT2D eigenvalue weighted by Gasteiger charge is -2.41. The first kappa shape index (κ1) is 17.1. The lowest BCUT2D eigenvalue weighted by atomic mass is 9.98. The van der Waals surface area contributed by atoms with Crippen LogP contribution in [0.25, 0.3) is 0 Å². The number of hydrogen-bond donors (Lipinski definition) is 0. The van der Waals surface area contributed by atoms with E-state index < -0.39 is 0 Å². The molecule has 0 aromatic heterocycles. The fourth-order valence-electron chi connectivity index (χ4n) is 3.96. The van der Waals surface area contributed by atoms with Crippen molar-refractivity contribution in [3.8, 4) is 0 Å². The van der Waals surface area contributed by atoms with Gasteiger partial charge in [-0.3, -0.25) is 9.69 Å². The lowest BCUT2D eigenvalue weighted by Crippen LogP contribution is -2.53. The van der Waals surface area contributed by atoms with Crippen LogP contribution in [-0.4, -0.2) is 87.6 Å². The summed E-state index contributed by atoms with van der Waals surface area (Å²) in [5, 5.41) is 0. The number of morpholine rings is 1. The van der Waals surface area contributed by atoms with E-state index in [1.807, 2.05) is 0 Å². The number of nitrogens with zero attached hydrogens (tertiary/aromatic N) is 2. The van der Waals surface area contributed by atoms with Crippen LogP contribution in [0.2, 0.25) is 0 Å². The lowest BCUT2D eigenvalue weighted by molar-refractivity contribution is -0.144. The second kappa shape index (κ2) is 7.92. The zero-order valence-corrected chi connectivity index (χ0v) is 14.4. The van der Waals surface area contributed by atoms with Gasteiger partial charge < -0.3 is 19.1 Å². The van der Waals surface area contributed by atoms with E-state index in [0.29, 0.717) is 6.04 Å². The maximum atomic E-state index is 11.7. The van der Waals surface area contributed by atoms with Crippen LogP contribution in [0, 0.1) is 5.92 Å². The molecule has 0 bridgehead atoms. The molecule has 2 heterocycles. The maximum absolute atomic E-state index is 11.7. The van der Waals surface area contributed by atoms with Crippen molar-refractivity contribution >= 4 is 5.91 Å². The van der Waals surface area contributed by atoms with E-state index >= 15 is 0 Å². The molecule has 6 nitrogen and oxygen atoms in total. The van der Waals surface area contributed by atoms with Crippen molar-refractivity contribution in [2.75, 3.05) is 53.6 Å². The minimum absolute atomic E-state index is 0.0170. The molecule has 2 aliphatic heterocycles. The molecule has 0 unspecified atom stereocenters. The normalized spacial score (nSPS) is 32.7. The SMILES string of the molecule is CN(C)C(=O)CO[C@@H]1CC[C@H]2[C@H]1OCCN2CC1CCOCC1. The van der Waals surface area contributed by atoms with Gasteiger partial charge in [-0.15, -0.1) is 0 Å². The number of carbonyl (C=O) groups excluding carboxylic acids is 1. The first-order valence-electron chi connectivity index (χ1n) is 8.90. The highest BCUT2D eigenvalue weighted by Gasteiger charge is 2.43. The zero-order chi connectivity index (χ0) is 16.2. The molecule has 3 rings (SSSR count). The number of amides is 1. The number of likely N-dealkylation sites (N-methyl/N-ethyl adjacent to an activating group) is 1. The average Bonchev–Trinajstić information content (AvgIpc) is 2.98. The largest absolute Gasteiger partial charge is 0.381 e. The molecule has 3 fully saturated rings. The summed E-state index contributed by atoms with van der Waals surface area (Å²) in [6.07, 6.45) is 4.62. The summed E-state index contributed by atoms with van der Waals surface area (Å²) in [5.41, 5.74) is 0. The summed E-state index contributed by atoms with van der Waals surface area (Å²) in [6.45, 7) is 4.90. The Labute approximate surface area is 139 Å². The summed E-state index contributed by atoms with van der Waals surface area (Å²) in [6, 6.07) is 0.450. The molecule has 2 saturated heterocycles. The molecule has 1 saturated carbocycles. The van der Waals surface area contributed by atoms with Gasteiger partial charge in [-0.2, -0.15) is 0 Å². The van der Waals surface area contributed by atoms with Gasteiger partial charge >= 0.3 is 0 Å². The van der Waals surface area contributed by atoms with Gasteiger partial charge in [-0.05, 0) is 31.6 Å². The van der Waals surface area contributed by atoms with Gasteiger partial charge in [0.15, 0.2) is 0 Å². The maximum Gasteiger partial charge on any atom is 0.248 e. The first-order valence-corrected chi connectivity index (χ1v) is 8.90. The van der Waals surface area contributed by atoms with Gasteiger partial charge in [0.1, 0.15) is 6.61 Å². The van der Waals surface area contributed by atoms with Gasteiger partial charge in [-0.25, -0.2) is 0 Å². The summed E-state index contributed by atoms with van der Waals surface area (Å²) >= 11 is 0. The molecular formula is C17H30N2O4. The van der Waals surface area contributed by atoms with Crippen LogP contribution in [-0.2, 0) is 19.0 Å². The predicted molar refractivity (Wildman–Crippen MR) is 86.3 cm³/mol. The van der Waals surface area contributed by atoms with E-state index in [0.717, 1.165) is 51.7 Å². The van der Waals surface area contributed by atoms with Crippen LogP contribution < -0.4 is 0 Å². The Morgan fingerprint density at radius 2 is 1.96 bits per heavy atom. The minimum atomic E-state index is 0.0170. The summed E-state index contributed by atoms with van der Waals surface area (Å²) < 4.78 is 17.3. The molecule has 1 aliphatic carbocycles. The van der Waals surface area contributed by atoms with Crippen molar-refractivity contribution in [3.05, 3.63) is 0 Å². The smallest absolute Gasteiger partial charge is 0.248 e. The topological polar surface area (TPSA) is 51.2 Å². The summed E-state index contributed by atoms with van der Waals surface area (Å²) in [7, 11) is 3.52. The van der Waals surface area contributed by atoms with E-state index in [1.165, 1.54) is 12.8 Å². The van der Waals surface area contributed by atoms with Crippen LogP contribution in [0.4, 0.5) is 0 Å². The molecule has 6 heteroatoms. The predicted octanol–water partition coefficient (Wildman–Crippen LogP) is 0.750. The summed E-state index contributed by atoms with van der Waals surface area (Å²) in [5.74, 6) is 0.765. The van der Waals surface area contributed by atoms with Crippen LogP contribution in [0.5, 0.6) is 0 Å². The standard InChI is InChI=1S/C17H30N2O4/c1-18(2)16(20)12-23-15-4-3-14-17(15)22-10-7-19(14)11-13-5-8-21-9-6-13/h13-15,17H,3-12H2,1-2H3/t14-,15+,17+/m0/s1. The van der Waals surface area contributed by atoms with E-state index in [4.69, 9.17) is 14.2 Å². The van der Waals surface area contributed by atoms with E-state index in [2.05, 4.69) is 4.90 Å².